The lowest BCUT2D eigenvalue weighted by atomic mass is 9.78. The number of alkyl halides is 3. The van der Waals surface area contributed by atoms with E-state index in [9.17, 15) is 22.8 Å². The number of carbonyl (C=O) groups is 2. The van der Waals surface area contributed by atoms with E-state index in [-0.39, 0.29) is 5.92 Å². The molecular formula is C24H22F3N3O2. The number of halogens is 3. The highest BCUT2D eigenvalue weighted by atomic mass is 19.4. The second-order valence-electron chi connectivity index (χ2n) is 7.90. The van der Waals surface area contributed by atoms with Gasteiger partial charge in [0.2, 0.25) is 0 Å². The van der Waals surface area contributed by atoms with E-state index in [4.69, 9.17) is 11.0 Å². The zero-order valence-electron chi connectivity index (χ0n) is 17.6. The summed E-state index contributed by atoms with van der Waals surface area (Å²) in [6.07, 6.45) is -3.50. The third-order valence-corrected chi connectivity index (χ3v) is 5.72. The maximum Gasteiger partial charge on any atom is 0.416 e. The number of benzene rings is 2. The molecule has 0 fully saturated rings. The van der Waals surface area contributed by atoms with Crippen LogP contribution < -0.4 is 5.73 Å². The molecule has 32 heavy (non-hydrogen) atoms. The number of primary amides is 1. The minimum absolute atomic E-state index is 0.271. The monoisotopic (exact) mass is 441 g/mol. The van der Waals surface area contributed by atoms with Gasteiger partial charge in [0.15, 0.2) is 0 Å². The van der Waals surface area contributed by atoms with Crippen molar-refractivity contribution in [1.29, 1.82) is 5.26 Å². The molecule has 0 aliphatic carbocycles. The highest BCUT2D eigenvalue weighted by molar-refractivity contribution is 5.84. The van der Waals surface area contributed by atoms with Gasteiger partial charge in [-0.25, -0.2) is 4.79 Å². The van der Waals surface area contributed by atoms with Crippen LogP contribution >= 0.6 is 0 Å². The molecule has 2 aromatic rings. The Hall–Kier alpha value is -3.60. The number of rotatable bonds is 4. The van der Waals surface area contributed by atoms with E-state index in [2.05, 4.69) is 0 Å². The van der Waals surface area contributed by atoms with Crippen molar-refractivity contribution in [2.75, 3.05) is 0 Å². The summed E-state index contributed by atoms with van der Waals surface area (Å²) in [6, 6.07) is 12.2. The number of amides is 2. The summed E-state index contributed by atoms with van der Waals surface area (Å²) >= 11 is 0. The van der Waals surface area contributed by atoms with E-state index in [1.54, 1.807) is 37.3 Å². The van der Waals surface area contributed by atoms with E-state index < -0.39 is 29.7 Å². The van der Waals surface area contributed by atoms with Crippen LogP contribution in [0.4, 0.5) is 18.0 Å². The van der Waals surface area contributed by atoms with Crippen LogP contribution in [0.5, 0.6) is 0 Å². The average Bonchev–Trinajstić information content (AvgIpc) is 2.77. The Morgan fingerprint density at radius 1 is 1.25 bits per heavy atom. The van der Waals surface area contributed by atoms with Crippen LogP contribution in [0.15, 0.2) is 54.2 Å². The topological polar surface area (TPSA) is 87.2 Å². The van der Waals surface area contributed by atoms with E-state index in [0.29, 0.717) is 40.7 Å². The number of nitriles is 1. The standard InChI is InChI=1S/C24H22F3N3O2/c1-14-10-20(17-8-6-16(12-28)7-9-17)30(23(29)32)22(15(2)13-31)21(14)18-4-3-5-19(11-18)24(25,26)27/h3-9,11,13-15,20H,10H2,1-2H3,(H2,29,32)/t14?,15?,20-/m0/s1. The van der Waals surface area contributed by atoms with Gasteiger partial charge < -0.3 is 10.5 Å². The van der Waals surface area contributed by atoms with Crippen molar-refractivity contribution in [1.82, 2.24) is 4.90 Å². The highest BCUT2D eigenvalue weighted by Gasteiger charge is 2.39. The fraction of sp³-hybridized carbons (Fsp3) is 0.292. The summed E-state index contributed by atoms with van der Waals surface area (Å²) in [5, 5.41) is 9.05. The second-order valence-corrected chi connectivity index (χ2v) is 7.90. The highest BCUT2D eigenvalue weighted by Crippen LogP contribution is 2.46. The molecule has 1 aliphatic heterocycles. The van der Waals surface area contributed by atoms with Crippen LogP contribution in [-0.2, 0) is 11.0 Å². The predicted octanol–water partition coefficient (Wildman–Crippen LogP) is 5.28. The van der Waals surface area contributed by atoms with Gasteiger partial charge in [0.1, 0.15) is 6.29 Å². The number of allylic oxidation sites excluding steroid dienone is 2. The van der Waals surface area contributed by atoms with Crippen molar-refractivity contribution in [2.45, 2.75) is 32.5 Å². The van der Waals surface area contributed by atoms with Crippen LogP contribution in [-0.4, -0.2) is 17.2 Å². The molecule has 0 saturated heterocycles. The van der Waals surface area contributed by atoms with Gasteiger partial charge in [-0.05, 0) is 53.3 Å². The number of carbonyl (C=O) groups excluding carboxylic acids is 2. The van der Waals surface area contributed by atoms with Crippen LogP contribution in [0.25, 0.3) is 5.57 Å². The summed E-state index contributed by atoms with van der Waals surface area (Å²) in [6.45, 7) is 3.43. The fourth-order valence-electron chi connectivity index (χ4n) is 4.27. The SMILES string of the molecule is CC(C=O)C1=C(c2cccc(C(F)(F)F)c2)C(C)C[C@@H](c2ccc(C#N)cc2)N1C(N)=O. The largest absolute Gasteiger partial charge is 0.416 e. The first-order valence-corrected chi connectivity index (χ1v) is 10.0. The molecule has 8 heteroatoms. The normalized spacial score (nSPS) is 19.9. The molecule has 166 valence electrons. The van der Waals surface area contributed by atoms with Crippen LogP contribution in [0, 0.1) is 23.2 Å². The first kappa shape index (κ1) is 23.1. The summed E-state index contributed by atoms with van der Waals surface area (Å²) in [4.78, 5) is 25.6. The maximum absolute atomic E-state index is 13.3. The van der Waals surface area contributed by atoms with Crippen LogP contribution in [0.1, 0.15) is 48.6 Å². The molecule has 0 radical (unpaired) electrons. The van der Waals surface area contributed by atoms with Crippen molar-refractivity contribution in [2.24, 2.45) is 17.6 Å². The Labute approximate surface area is 183 Å². The van der Waals surface area contributed by atoms with Gasteiger partial charge in [-0.15, -0.1) is 0 Å². The molecule has 2 amide bonds. The number of aldehydes is 1. The van der Waals surface area contributed by atoms with Crippen molar-refractivity contribution in [3.05, 3.63) is 76.5 Å². The Balaban J connectivity index is 2.23. The lowest BCUT2D eigenvalue weighted by molar-refractivity contribution is -0.137. The van der Waals surface area contributed by atoms with Gasteiger partial charge in [-0.1, -0.05) is 38.1 Å². The molecule has 1 aliphatic rings. The molecule has 0 saturated carbocycles. The van der Waals surface area contributed by atoms with E-state index >= 15 is 0 Å². The number of hydrogen-bond acceptors (Lipinski definition) is 3. The summed E-state index contributed by atoms with van der Waals surface area (Å²) in [5.41, 5.74) is 7.15. The smallest absolute Gasteiger partial charge is 0.351 e. The molecule has 0 spiro atoms. The van der Waals surface area contributed by atoms with Crippen molar-refractivity contribution in [3.8, 4) is 6.07 Å². The summed E-state index contributed by atoms with van der Waals surface area (Å²) in [5.74, 6) is -1.05. The van der Waals surface area contributed by atoms with Crippen molar-refractivity contribution < 1.29 is 22.8 Å². The first-order valence-electron chi connectivity index (χ1n) is 10.0. The van der Waals surface area contributed by atoms with Crippen LogP contribution in [0.2, 0.25) is 0 Å². The van der Waals surface area contributed by atoms with Gasteiger partial charge in [0, 0.05) is 5.70 Å². The maximum atomic E-state index is 13.3. The summed E-state index contributed by atoms with van der Waals surface area (Å²) in [7, 11) is 0. The molecule has 3 atom stereocenters. The molecule has 0 aromatic heterocycles. The number of hydrogen-bond donors (Lipinski definition) is 1. The van der Waals surface area contributed by atoms with Gasteiger partial charge in [-0.3, -0.25) is 4.90 Å². The third-order valence-electron chi connectivity index (χ3n) is 5.72. The van der Waals surface area contributed by atoms with Gasteiger partial charge in [0.25, 0.3) is 0 Å². The predicted molar refractivity (Wildman–Crippen MR) is 113 cm³/mol. The minimum Gasteiger partial charge on any atom is -0.351 e. The fourth-order valence-corrected chi connectivity index (χ4v) is 4.27. The number of urea groups is 1. The van der Waals surface area contributed by atoms with Gasteiger partial charge in [0.05, 0.1) is 29.2 Å². The molecule has 0 bridgehead atoms. The van der Waals surface area contributed by atoms with E-state index in [0.717, 1.165) is 12.1 Å². The molecule has 5 nitrogen and oxygen atoms in total. The molecular weight excluding hydrogens is 419 g/mol. The first-order chi connectivity index (χ1) is 15.1. The van der Waals surface area contributed by atoms with Gasteiger partial charge >= 0.3 is 12.2 Å². The molecule has 2 aromatic carbocycles. The minimum atomic E-state index is -4.53. The lowest BCUT2D eigenvalue weighted by Gasteiger charge is -2.42. The lowest BCUT2D eigenvalue weighted by Crippen LogP contribution is -2.44. The Kier molecular flexibility index (Phi) is 6.40. The van der Waals surface area contributed by atoms with Gasteiger partial charge in [-0.2, -0.15) is 18.4 Å². The third kappa shape index (κ3) is 4.37. The van der Waals surface area contributed by atoms with Crippen molar-refractivity contribution in [3.63, 3.8) is 0 Å². The molecule has 3 rings (SSSR count). The van der Waals surface area contributed by atoms with E-state index in [1.807, 2.05) is 13.0 Å². The van der Waals surface area contributed by atoms with E-state index in [1.165, 1.54) is 11.0 Å². The Bertz CT molecular complexity index is 1100. The molecule has 2 N–H and O–H groups in total. The Morgan fingerprint density at radius 3 is 2.44 bits per heavy atom. The Morgan fingerprint density at radius 2 is 1.91 bits per heavy atom. The summed E-state index contributed by atoms with van der Waals surface area (Å²) < 4.78 is 40.0. The average molecular weight is 441 g/mol. The number of nitrogens with zero attached hydrogens (tertiary/aromatic N) is 2. The molecule has 1 heterocycles. The molecule has 2 unspecified atom stereocenters. The van der Waals surface area contributed by atoms with Crippen LogP contribution in [0.3, 0.4) is 0 Å². The zero-order chi connectivity index (χ0) is 23.6. The van der Waals surface area contributed by atoms with Crippen molar-refractivity contribution >= 4 is 17.9 Å². The quantitative estimate of drug-likeness (QED) is 0.655. The zero-order valence-corrected chi connectivity index (χ0v) is 17.6. The second kappa shape index (κ2) is 8.87. The number of nitrogens with two attached hydrogens (primary N) is 1.